The van der Waals surface area contributed by atoms with Crippen LogP contribution >= 0.6 is 47.2 Å². The number of carboxylic acids is 1. The van der Waals surface area contributed by atoms with Crippen LogP contribution in [-0.2, 0) is 14.3 Å². The number of thiocarbonyl (C=S) groups is 1. The van der Waals surface area contributed by atoms with Crippen molar-refractivity contribution in [2.75, 3.05) is 51.3 Å². The van der Waals surface area contributed by atoms with Gasteiger partial charge in [0.25, 0.3) is 5.91 Å². The first kappa shape index (κ1) is 32.9. The van der Waals surface area contributed by atoms with Gasteiger partial charge in [-0.15, -0.1) is 0 Å². The van der Waals surface area contributed by atoms with Gasteiger partial charge in [0.15, 0.2) is 0 Å². The van der Waals surface area contributed by atoms with Crippen LogP contribution in [0, 0.1) is 0 Å². The van der Waals surface area contributed by atoms with E-state index in [-0.39, 0.29) is 30.3 Å². The summed E-state index contributed by atoms with van der Waals surface area (Å²) in [5, 5.41) is 12.6. The van der Waals surface area contributed by atoms with Crippen molar-refractivity contribution in [2.24, 2.45) is 0 Å². The first-order valence-corrected chi connectivity index (χ1v) is 16.1. The molecule has 0 aliphatic carbocycles. The highest BCUT2D eigenvalue weighted by atomic mass is 35.5. The van der Waals surface area contributed by atoms with Gasteiger partial charge in [-0.05, 0) is 65.7 Å². The molecule has 234 valence electrons. The molecule has 2 fully saturated rings. The van der Waals surface area contributed by atoms with Gasteiger partial charge in [0.2, 0.25) is 5.91 Å². The van der Waals surface area contributed by atoms with Crippen molar-refractivity contribution < 1.29 is 29.0 Å². The zero-order valence-electron chi connectivity index (χ0n) is 24.0. The third kappa shape index (κ3) is 8.63. The van der Waals surface area contributed by atoms with Crippen molar-refractivity contribution in [3.63, 3.8) is 0 Å². The Kier molecular flexibility index (Phi) is 11.1. The zero-order valence-corrected chi connectivity index (χ0v) is 27.1. The minimum Gasteiger partial charge on any atom is -0.492 e. The molecule has 45 heavy (non-hydrogen) atoms. The third-order valence-electron chi connectivity index (χ3n) is 7.15. The zero-order chi connectivity index (χ0) is 31.9. The predicted octanol–water partition coefficient (Wildman–Crippen LogP) is 6.30. The van der Waals surface area contributed by atoms with Crippen molar-refractivity contribution in [1.82, 2.24) is 9.80 Å². The van der Waals surface area contributed by atoms with Crippen LogP contribution in [0.3, 0.4) is 0 Å². The van der Waals surface area contributed by atoms with Crippen molar-refractivity contribution >= 4 is 81.0 Å². The Morgan fingerprint density at radius 3 is 2.49 bits per heavy atom. The number of hydrogen-bond donors (Lipinski definition) is 2. The van der Waals surface area contributed by atoms with Gasteiger partial charge in [0.1, 0.15) is 16.7 Å². The number of morpholine rings is 1. The van der Waals surface area contributed by atoms with Crippen molar-refractivity contribution in [1.29, 1.82) is 0 Å². The number of anilines is 1. The summed E-state index contributed by atoms with van der Waals surface area (Å²) >= 11 is 19.2. The summed E-state index contributed by atoms with van der Waals surface area (Å²) in [5.41, 5.74) is 2.96. The van der Waals surface area contributed by atoms with Crippen LogP contribution in [-0.4, -0.2) is 83.0 Å². The first-order chi connectivity index (χ1) is 21.7. The molecular formula is C32H29Cl2N3O6S2. The molecule has 0 saturated carbocycles. The van der Waals surface area contributed by atoms with Crippen molar-refractivity contribution in [3.8, 4) is 16.9 Å². The summed E-state index contributed by atoms with van der Waals surface area (Å²) in [5.74, 6) is -0.989. The summed E-state index contributed by atoms with van der Waals surface area (Å²) in [4.78, 5) is 41.0. The molecule has 2 aliphatic rings. The second-order valence-corrected chi connectivity index (χ2v) is 12.7. The Morgan fingerprint density at radius 1 is 1.02 bits per heavy atom. The second kappa shape index (κ2) is 15.2. The number of ether oxygens (including phenoxy) is 2. The Morgan fingerprint density at radius 2 is 1.78 bits per heavy atom. The monoisotopic (exact) mass is 685 g/mol. The van der Waals surface area contributed by atoms with Gasteiger partial charge >= 0.3 is 5.97 Å². The Labute approximate surface area is 280 Å². The highest BCUT2D eigenvalue weighted by Crippen LogP contribution is 2.37. The van der Waals surface area contributed by atoms with Crippen LogP contribution in [0.4, 0.5) is 5.69 Å². The van der Waals surface area contributed by atoms with Gasteiger partial charge in [-0.25, -0.2) is 4.79 Å². The molecular weight excluding hydrogens is 657 g/mol. The molecule has 2 amide bonds. The van der Waals surface area contributed by atoms with E-state index in [1.54, 1.807) is 18.2 Å². The number of nitrogens with zero attached hydrogens (tertiary/aromatic N) is 2. The van der Waals surface area contributed by atoms with E-state index < -0.39 is 5.97 Å². The van der Waals surface area contributed by atoms with Crippen molar-refractivity contribution in [2.45, 2.75) is 6.42 Å². The van der Waals surface area contributed by atoms with Gasteiger partial charge in [-0.1, -0.05) is 59.3 Å². The highest BCUT2D eigenvalue weighted by molar-refractivity contribution is 8.26. The maximum Gasteiger partial charge on any atom is 0.335 e. The van der Waals surface area contributed by atoms with E-state index in [0.29, 0.717) is 50.5 Å². The van der Waals surface area contributed by atoms with Crippen LogP contribution in [0.2, 0.25) is 10.0 Å². The minimum atomic E-state index is -1.05. The van der Waals surface area contributed by atoms with E-state index in [0.717, 1.165) is 36.3 Å². The Bertz CT molecular complexity index is 1640. The Hall–Kier alpha value is -3.45. The molecule has 3 aromatic carbocycles. The quantitative estimate of drug-likeness (QED) is 0.178. The average molecular weight is 687 g/mol. The summed E-state index contributed by atoms with van der Waals surface area (Å²) < 4.78 is 12.0. The summed E-state index contributed by atoms with van der Waals surface area (Å²) in [6.07, 6.45) is 1.78. The molecule has 2 heterocycles. The molecule has 13 heteroatoms. The first-order valence-electron chi connectivity index (χ1n) is 14.1. The lowest BCUT2D eigenvalue weighted by Gasteiger charge is -2.26. The topological polar surface area (TPSA) is 108 Å². The van der Waals surface area contributed by atoms with Gasteiger partial charge in [-0.3, -0.25) is 19.4 Å². The predicted molar refractivity (Wildman–Crippen MR) is 181 cm³/mol. The molecule has 0 atom stereocenters. The molecule has 0 bridgehead atoms. The normalized spacial score (nSPS) is 16.3. The fourth-order valence-electron chi connectivity index (χ4n) is 4.74. The lowest BCUT2D eigenvalue weighted by Crippen LogP contribution is -2.38. The van der Waals surface area contributed by atoms with Gasteiger partial charge in [0, 0.05) is 43.9 Å². The van der Waals surface area contributed by atoms with Crippen molar-refractivity contribution in [3.05, 3.63) is 86.7 Å². The van der Waals surface area contributed by atoms with Gasteiger partial charge < -0.3 is 19.9 Å². The number of benzene rings is 3. The number of carbonyl (C=O) groups is 3. The molecule has 2 aliphatic heterocycles. The molecule has 2 saturated heterocycles. The Balaban J connectivity index is 1.27. The van der Waals surface area contributed by atoms with E-state index in [2.05, 4.69) is 10.2 Å². The lowest BCUT2D eigenvalue weighted by molar-refractivity contribution is -0.122. The van der Waals surface area contributed by atoms with E-state index in [4.69, 9.17) is 50.0 Å². The SMILES string of the molecule is O=C(CCN1C(=O)C(=Cc2ccc(OCCN3CCOCC3)c(-c3ccc(Cl)c(Cl)c3)c2)SC1=S)Nc1ccc(C(=O)O)cc1. The molecule has 3 aromatic rings. The number of rotatable bonds is 11. The molecule has 0 spiro atoms. The van der Waals surface area contributed by atoms with Crippen LogP contribution < -0.4 is 10.1 Å². The number of nitrogens with one attached hydrogen (secondary N) is 1. The van der Waals surface area contributed by atoms with E-state index in [9.17, 15) is 14.4 Å². The van der Waals surface area contributed by atoms with E-state index in [1.807, 2.05) is 24.3 Å². The molecule has 0 radical (unpaired) electrons. The second-order valence-electron chi connectivity index (χ2n) is 10.2. The van der Waals surface area contributed by atoms with Gasteiger partial charge in [0.05, 0.1) is 33.7 Å². The molecule has 0 unspecified atom stereocenters. The van der Waals surface area contributed by atoms with Gasteiger partial charge in [-0.2, -0.15) is 0 Å². The number of halogens is 2. The highest BCUT2D eigenvalue weighted by Gasteiger charge is 2.32. The number of hydrogen-bond acceptors (Lipinski definition) is 8. The fourth-order valence-corrected chi connectivity index (χ4v) is 6.35. The third-order valence-corrected chi connectivity index (χ3v) is 9.27. The largest absolute Gasteiger partial charge is 0.492 e. The number of thioether (sulfide) groups is 1. The fraction of sp³-hybridized carbons (Fsp3) is 0.250. The maximum atomic E-state index is 13.3. The molecule has 0 aromatic heterocycles. The molecule has 2 N–H and O–H groups in total. The minimum absolute atomic E-state index is 0.0123. The van der Waals surface area contributed by atoms with Crippen LogP contribution in [0.1, 0.15) is 22.3 Å². The summed E-state index contributed by atoms with van der Waals surface area (Å²) in [6, 6.07) is 16.9. The smallest absolute Gasteiger partial charge is 0.335 e. The standard InChI is InChI=1S/C32H29Cl2N3O6S2/c33-25-7-4-22(19-26(25)34)24-17-20(1-8-27(24)43-16-13-36-11-14-42-15-12-36)18-28-30(39)37(32(44)45-28)10-9-29(38)35-23-5-2-21(3-6-23)31(40)41/h1-8,17-19H,9-16H2,(H,35,38)(H,40,41). The average Bonchev–Trinajstić information content (AvgIpc) is 3.29. The number of aromatic carboxylic acids is 1. The van der Waals surface area contributed by atoms with Crippen LogP contribution in [0.15, 0.2) is 65.6 Å². The van der Waals surface area contributed by atoms with E-state index >= 15 is 0 Å². The van der Waals surface area contributed by atoms with Crippen LogP contribution in [0.5, 0.6) is 5.75 Å². The summed E-state index contributed by atoms with van der Waals surface area (Å²) in [7, 11) is 0. The number of carboxylic acid groups (broad SMARTS) is 1. The molecule has 5 rings (SSSR count). The summed E-state index contributed by atoms with van der Waals surface area (Å²) in [6.45, 7) is 4.53. The van der Waals surface area contributed by atoms with Crippen LogP contribution in [0.25, 0.3) is 17.2 Å². The maximum absolute atomic E-state index is 13.3. The lowest BCUT2D eigenvalue weighted by atomic mass is 10.0. The van der Waals surface area contributed by atoms with E-state index in [1.165, 1.54) is 40.9 Å². The number of amides is 2. The molecule has 9 nitrogen and oxygen atoms in total. The number of carbonyl (C=O) groups excluding carboxylic acids is 2.